The number of amides is 1. The van der Waals surface area contributed by atoms with E-state index in [9.17, 15) is 13.2 Å². The lowest BCUT2D eigenvalue weighted by Crippen LogP contribution is -2.35. The second-order valence-electron chi connectivity index (χ2n) is 4.07. The number of benzene rings is 1. The molecule has 1 aromatic carbocycles. The van der Waals surface area contributed by atoms with E-state index in [1.165, 1.54) is 7.05 Å². The Morgan fingerprint density at radius 2 is 2.06 bits per heavy atom. The summed E-state index contributed by atoms with van der Waals surface area (Å²) >= 11 is 0. The van der Waals surface area contributed by atoms with Gasteiger partial charge in [0.05, 0.1) is 12.3 Å². The predicted molar refractivity (Wildman–Crippen MR) is 71.9 cm³/mol. The number of likely N-dealkylation sites (N-methyl/N-ethyl adjacent to an activating group) is 1. The van der Waals surface area contributed by atoms with Gasteiger partial charge in [-0.25, -0.2) is 8.42 Å². The molecule has 0 aliphatic carbocycles. The molecule has 0 aliphatic heterocycles. The van der Waals surface area contributed by atoms with Crippen molar-refractivity contribution in [2.75, 3.05) is 24.7 Å². The van der Waals surface area contributed by atoms with E-state index in [-0.39, 0.29) is 18.2 Å². The fourth-order valence-electron chi connectivity index (χ4n) is 1.44. The van der Waals surface area contributed by atoms with Crippen LogP contribution in [0.4, 0.5) is 5.69 Å². The number of anilines is 1. The van der Waals surface area contributed by atoms with Crippen LogP contribution in [0.2, 0.25) is 0 Å². The molecular formula is C12H18N2O3S. The van der Waals surface area contributed by atoms with Crippen LogP contribution in [0.3, 0.4) is 0 Å². The number of carbonyl (C=O) groups excluding carboxylic acids is 1. The van der Waals surface area contributed by atoms with Crippen LogP contribution >= 0.6 is 0 Å². The van der Waals surface area contributed by atoms with Crippen LogP contribution in [0.25, 0.3) is 0 Å². The van der Waals surface area contributed by atoms with E-state index in [1.54, 1.807) is 13.0 Å². The van der Waals surface area contributed by atoms with E-state index in [0.29, 0.717) is 5.69 Å². The van der Waals surface area contributed by atoms with Gasteiger partial charge < -0.3 is 5.32 Å². The quantitative estimate of drug-likeness (QED) is 0.874. The Morgan fingerprint density at radius 3 is 2.61 bits per heavy atom. The first kappa shape index (κ1) is 14.7. The highest BCUT2D eigenvalue weighted by molar-refractivity contribution is 7.89. The number of hydrogen-bond donors (Lipinski definition) is 1. The molecule has 0 spiro atoms. The second-order valence-corrected chi connectivity index (χ2v) is 6.44. The van der Waals surface area contributed by atoms with Crippen molar-refractivity contribution in [3.05, 3.63) is 29.8 Å². The molecule has 1 amide bonds. The van der Waals surface area contributed by atoms with Crippen molar-refractivity contribution in [1.82, 2.24) is 4.31 Å². The van der Waals surface area contributed by atoms with Crippen molar-refractivity contribution >= 4 is 21.6 Å². The summed E-state index contributed by atoms with van der Waals surface area (Å²) in [6.07, 6.45) is 0. The maximum Gasteiger partial charge on any atom is 0.239 e. The lowest BCUT2D eigenvalue weighted by Gasteiger charge is -2.15. The van der Waals surface area contributed by atoms with E-state index in [0.717, 1.165) is 9.87 Å². The third-order valence-corrected chi connectivity index (χ3v) is 4.32. The van der Waals surface area contributed by atoms with Gasteiger partial charge in [-0.1, -0.05) is 12.1 Å². The van der Waals surface area contributed by atoms with Gasteiger partial charge in [0.25, 0.3) is 0 Å². The molecule has 0 atom stereocenters. The van der Waals surface area contributed by atoms with Gasteiger partial charge in [-0.15, -0.1) is 0 Å². The fourth-order valence-corrected chi connectivity index (χ4v) is 2.20. The minimum absolute atomic E-state index is 0.0127. The maximum absolute atomic E-state index is 11.7. The topological polar surface area (TPSA) is 66.5 Å². The number of sulfonamides is 1. The van der Waals surface area contributed by atoms with E-state index in [4.69, 9.17) is 0 Å². The summed E-state index contributed by atoms with van der Waals surface area (Å²) in [5.74, 6) is -0.360. The molecule has 0 saturated heterocycles. The molecule has 6 heteroatoms. The highest BCUT2D eigenvalue weighted by Crippen LogP contribution is 2.09. The standard InChI is InChI=1S/C12H18N2O3S/c1-4-18(16,17)14(3)9-12(15)13-11-7-5-6-10(2)8-11/h5-8H,4,9H2,1-3H3,(H,13,15). The number of rotatable bonds is 5. The number of carbonyl (C=O) groups is 1. The van der Waals surface area contributed by atoms with E-state index in [1.807, 2.05) is 25.1 Å². The molecule has 0 fully saturated rings. The van der Waals surface area contributed by atoms with Crippen molar-refractivity contribution in [2.45, 2.75) is 13.8 Å². The van der Waals surface area contributed by atoms with Crippen LogP contribution in [-0.2, 0) is 14.8 Å². The summed E-state index contributed by atoms with van der Waals surface area (Å²) < 4.78 is 24.0. The molecule has 1 aromatic rings. The van der Waals surface area contributed by atoms with Crippen LogP contribution in [0.15, 0.2) is 24.3 Å². The molecule has 0 aromatic heterocycles. The number of aryl methyl sites for hydroxylation is 1. The molecule has 5 nitrogen and oxygen atoms in total. The average molecular weight is 270 g/mol. The van der Waals surface area contributed by atoms with Gasteiger partial charge in [-0.2, -0.15) is 4.31 Å². The van der Waals surface area contributed by atoms with Crippen molar-refractivity contribution in [1.29, 1.82) is 0 Å². The summed E-state index contributed by atoms with van der Waals surface area (Å²) in [6.45, 7) is 3.29. The monoisotopic (exact) mass is 270 g/mol. The lowest BCUT2D eigenvalue weighted by atomic mass is 10.2. The zero-order valence-corrected chi connectivity index (χ0v) is 11.6. The Labute approximate surface area is 108 Å². The average Bonchev–Trinajstić information content (AvgIpc) is 2.28. The second kappa shape index (κ2) is 5.97. The molecule has 1 N–H and O–H groups in total. The number of hydrogen-bond acceptors (Lipinski definition) is 3. The summed E-state index contributed by atoms with van der Waals surface area (Å²) in [5, 5.41) is 2.66. The molecule has 0 saturated carbocycles. The zero-order valence-electron chi connectivity index (χ0n) is 10.8. The first-order valence-electron chi connectivity index (χ1n) is 5.65. The Bertz CT molecular complexity index is 526. The van der Waals surface area contributed by atoms with Gasteiger partial charge in [0.15, 0.2) is 0 Å². The molecule has 0 heterocycles. The molecule has 18 heavy (non-hydrogen) atoms. The van der Waals surface area contributed by atoms with Gasteiger partial charge in [0.1, 0.15) is 0 Å². The molecular weight excluding hydrogens is 252 g/mol. The van der Waals surface area contributed by atoms with Crippen molar-refractivity contribution in [2.24, 2.45) is 0 Å². The van der Waals surface area contributed by atoms with Crippen molar-refractivity contribution in [3.8, 4) is 0 Å². The number of nitrogens with zero attached hydrogens (tertiary/aromatic N) is 1. The molecule has 0 radical (unpaired) electrons. The Kier molecular flexibility index (Phi) is 4.86. The zero-order chi connectivity index (χ0) is 13.8. The van der Waals surface area contributed by atoms with Gasteiger partial charge in [-0.3, -0.25) is 4.79 Å². The SMILES string of the molecule is CCS(=O)(=O)N(C)CC(=O)Nc1cccc(C)c1. The highest BCUT2D eigenvalue weighted by Gasteiger charge is 2.18. The molecule has 1 rings (SSSR count). The summed E-state index contributed by atoms with van der Waals surface area (Å²) in [4.78, 5) is 11.7. The molecule has 0 bridgehead atoms. The van der Waals surface area contributed by atoms with Crippen molar-refractivity contribution in [3.63, 3.8) is 0 Å². The summed E-state index contributed by atoms with van der Waals surface area (Å²) in [7, 11) is -1.92. The third kappa shape index (κ3) is 4.12. The molecule has 0 aliphatic rings. The van der Waals surface area contributed by atoms with Gasteiger partial charge in [0.2, 0.25) is 15.9 Å². The predicted octanol–water partition coefficient (Wildman–Crippen LogP) is 1.22. The maximum atomic E-state index is 11.7. The van der Waals surface area contributed by atoms with Crippen LogP contribution < -0.4 is 5.32 Å². The van der Waals surface area contributed by atoms with Gasteiger partial charge in [-0.05, 0) is 31.5 Å². The Hall–Kier alpha value is -1.40. The van der Waals surface area contributed by atoms with Gasteiger partial charge >= 0.3 is 0 Å². The Morgan fingerprint density at radius 1 is 1.39 bits per heavy atom. The smallest absolute Gasteiger partial charge is 0.239 e. The first-order valence-corrected chi connectivity index (χ1v) is 7.26. The van der Waals surface area contributed by atoms with E-state index in [2.05, 4.69) is 5.32 Å². The Balaban J connectivity index is 2.63. The van der Waals surface area contributed by atoms with Crippen LogP contribution in [-0.4, -0.2) is 38.0 Å². The molecule has 100 valence electrons. The summed E-state index contributed by atoms with van der Waals surface area (Å²) in [5.41, 5.74) is 1.70. The molecule has 0 unspecified atom stereocenters. The number of nitrogens with one attached hydrogen (secondary N) is 1. The summed E-state index contributed by atoms with van der Waals surface area (Å²) in [6, 6.07) is 7.34. The third-order valence-electron chi connectivity index (χ3n) is 2.51. The van der Waals surface area contributed by atoms with Crippen molar-refractivity contribution < 1.29 is 13.2 Å². The largest absolute Gasteiger partial charge is 0.325 e. The highest BCUT2D eigenvalue weighted by atomic mass is 32.2. The minimum Gasteiger partial charge on any atom is -0.325 e. The first-order chi connectivity index (χ1) is 8.35. The van der Waals surface area contributed by atoms with Crippen LogP contribution in [0, 0.1) is 6.92 Å². The van der Waals surface area contributed by atoms with Crippen LogP contribution in [0.1, 0.15) is 12.5 Å². The van der Waals surface area contributed by atoms with Crippen LogP contribution in [0.5, 0.6) is 0 Å². The van der Waals surface area contributed by atoms with E-state index >= 15 is 0 Å². The normalized spacial score (nSPS) is 11.6. The van der Waals surface area contributed by atoms with E-state index < -0.39 is 10.0 Å². The lowest BCUT2D eigenvalue weighted by molar-refractivity contribution is -0.116. The fraction of sp³-hybridized carbons (Fsp3) is 0.417. The minimum atomic E-state index is -3.32. The van der Waals surface area contributed by atoms with Gasteiger partial charge in [0, 0.05) is 12.7 Å².